The Morgan fingerprint density at radius 2 is 1.74 bits per heavy atom. The summed E-state index contributed by atoms with van der Waals surface area (Å²) >= 11 is 6.09. The Bertz CT molecular complexity index is 1330. The molecule has 5 rings (SSSR count). The van der Waals surface area contributed by atoms with E-state index in [1.54, 1.807) is 0 Å². The lowest BCUT2D eigenvalue weighted by atomic mass is 10.1. The van der Waals surface area contributed by atoms with Gasteiger partial charge in [0.1, 0.15) is 5.52 Å². The van der Waals surface area contributed by atoms with Gasteiger partial charge in [-0.15, -0.1) is 0 Å². The van der Waals surface area contributed by atoms with Crippen LogP contribution in [-0.4, -0.2) is 46.9 Å². The van der Waals surface area contributed by atoms with Crippen LogP contribution in [0.2, 0.25) is 5.02 Å². The number of halogens is 1. The summed E-state index contributed by atoms with van der Waals surface area (Å²) in [5.74, 6) is 0.0167. The van der Waals surface area contributed by atoms with E-state index in [-0.39, 0.29) is 5.91 Å². The first-order chi connectivity index (χ1) is 18.6. The topological polar surface area (TPSA) is 61.6 Å². The van der Waals surface area contributed by atoms with E-state index in [4.69, 9.17) is 16.0 Å². The maximum absolute atomic E-state index is 13.7. The molecule has 1 aliphatic rings. The van der Waals surface area contributed by atoms with Crippen LogP contribution in [0.15, 0.2) is 77.2 Å². The van der Waals surface area contributed by atoms with Crippen molar-refractivity contribution < 1.29 is 9.21 Å². The summed E-state index contributed by atoms with van der Waals surface area (Å²) in [4.78, 5) is 22.8. The number of anilines is 1. The molecule has 1 N–H and O–H groups in total. The zero-order valence-electron chi connectivity index (χ0n) is 21.7. The van der Waals surface area contributed by atoms with E-state index < -0.39 is 0 Å². The molecule has 38 heavy (non-hydrogen) atoms. The van der Waals surface area contributed by atoms with Crippen LogP contribution in [0.25, 0.3) is 11.1 Å². The molecule has 3 aromatic carbocycles. The average molecular weight is 531 g/mol. The van der Waals surface area contributed by atoms with Crippen molar-refractivity contribution in [3.63, 3.8) is 0 Å². The van der Waals surface area contributed by atoms with Gasteiger partial charge in [0.2, 0.25) is 0 Å². The lowest BCUT2D eigenvalue weighted by Gasteiger charge is -2.25. The van der Waals surface area contributed by atoms with E-state index in [0.29, 0.717) is 47.3 Å². The minimum absolute atomic E-state index is 0.0167. The molecule has 0 radical (unpaired) electrons. The molecule has 4 aromatic rings. The average Bonchev–Trinajstić information content (AvgIpc) is 3.17. The van der Waals surface area contributed by atoms with Crippen molar-refractivity contribution in [3.8, 4) is 0 Å². The Morgan fingerprint density at radius 1 is 0.947 bits per heavy atom. The van der Waals surface area contributed by atoms with Crippen molar-refractivity contribution in [2.75, 3.05) is 31.5 Å². The van der Waals surface area contributed by atoms with Crippen LogP contribution >= 0.6 is 11.6 Å². The van der Waals surface area contributed by atoms with Gasteiger partial charge in [-0.3, -0.25) is 4.79 Å². The highest BCUT2D eigenvalue weighted by molar-refractivity contribution is 6.30. The zero-order chi connectivity index (χ0) is 26.2. The zero-order valence-corrected chi connectivity index (χ0v) is 22.5. The molecule has 2 heterocycles. The van der Waals surface area contributed by atoms with Crippen molar-refractivity contribution in [2.45, 2.75) is 45.2 Å². The smallest absolute Gasteiger partial charge is 0.295 e. The van der Waals surface area contributed by atoms with Gasteiger partial charge in [-0.1, -0.05) is 66.9 Å². The van der Waals surface area contributed by atoms with Crippen LogP contribution < -0.4 is 5.32 Å². The Kier molecular flexibility index (Phi) is 8.94. The Balaban J connectivity index is 1.27. The number of aromatic nitrogens is 1. The van der Waals surface area contributed by atoms with Crippen LogP contribution in [0.3, 0.4) is 0 Å². The summed E-state index contributed by atoms with van der Waals surface area (Å²) in [5, 5.41) is 3.90. The molecule has 0 atom stereocenters. The molecule has 0 unspecified atom stereocenters. The van der Waals surface area contributed by atoms with Crippen LogP contribution in [-0.2, 0) is 13.1 Å². The number of amides is 1. The molecule has 6 nitrogen and oxygen atoms in total. The second kappa shape index (κ2) is 12.9. The number of fused-ring (bicyclic) bond motifs is 1. The van der Waals surface area contributed by atoms with Crippen molar-refractivity contribution >= 4 is 34.6 Å². The summed E-state index contributed by atoms with van der Waals surface area (Å²) in [6.07, 6.45) is 6.18. The molecule has 198 valence electrons. The predicted molar refractivity (Wildman–Crippen MR) is 153 cm³/mol. The van der Waals surface area contributed by atoms with Gasteiger partial charge in [0.25, 0.3) is 11.9 Å². The van der Waals surface area contributed by atoms with Crippen LogP contribution in [0.5, 0.6) is 0 Å². The van der Waals surface area contributed by atoms with E-state index in [9.17, 15) is 4.79 Å². The van der Waals surface area contributed by atoms with Gasteiger partial charge in [0, 0.05) is 30.2 Å². The highest BCUT2D eigenvalue weighted by Gasteiger charge is 2.19. The normalized spacial score (nSPS) is 14.3. The Hall–Kier alpha value is -3.35. The first-order valence-corrected chi connectivity index (χ1v) is 14.0. The molecule has 0 spiro atoms. The number of benzene rings is 3. The standard InChI is InChI=1S/C31H35ClN4O2/c32-27-13-8-12-25(20-27)22-33-31-34-28-21-26(14-15-29(28)38-31)30(37)36(23-24-10-4-3-5-11-24)19-9-18-35-16-6-1-2-7-17-35/h3-5,8,10-15,20-21H,1-2,6-7,9,16-19,22-23H2,(H,33,34). The monoisotopic (exact) mass is 530 g/mol. The lowest BCUT2D eigenvalue weighted by Crippen LogP contribution is -2.34. The Labute approximate surface area is 229 Å². The van der Waals surface area contributed by atoms with Gasteiger partial charge >= 0.3 is 0 Å². The number of hydrogen-bond acceptors (Lipinski definition) is 5. The summed E-state index contributed by atoms with van der Waals surface area (Å²) in [6, 6.07) is 23.8. The van der Waals surface area contributed by atoms with Crippen molar-refractivity contribution in [3.05, 3.63) is 94.5 Å². The molecule has 1 saturated heterocycles. The molecule has 1 fully saturated rings. The largest absolute Gasteiger partial charge is 0.424 e. The van der Waals surface area contributed by atoms with E-state index in [0.717, 1.165) is 24.1 Å². The summed E-state index contributed by atoms with van der Waals surface area (Å²) in [7, 11) is 0. The SMILES string of the molecule is O=C(c1ccc2oc(NCc3cccc(Cl)c3)nc2c1)N(CCCN1CCCCCC1)Cc1ccccc1. The second-order valence-corrected chi connectivity index (χ2v) is 10.4. The highest BCUT2D eigenvalue weighted by Crippen LogP contribution is 2.23. The van der Waals surface area contributed by atoms with Crippen LogP contribution in [0.4, 0.5) is 6.01 Å². The fourth-order valence-corrected chi connectivity index (χ4v) is 5.26. The number of nitrogens with one attached hydrogen (secondary N) is 1. The third-order valence-corrected chi connectivity index (χ3v) is 7.31. The third kappa shape index (κ3) is 7.15. The number of likely N-dealkylation sites (tertiary alicyclic amines) is 1. The molecule has 1 aliphatic heterocycles. The van der Waals surface area contributed by atoms with Gasteiger partial charge < -0.3 is 19.5 Å². The maximum Gasteiger partial charge on any atom is 0.295 e. The highest BCUT2D eigenvalue weighted by atomic mass is 35.5. The summed E-state index contributed by atoms with van der Waals surface area (Å²) < 4.78 is 5.87. The molecule has 7 heteroatoms. The number of nitrogens with zero attached hydrogens (tertiary/aromatic N) is 3. The first-order valence-electron chi connectivity index (χ1n) is 13.6. The first kappa shape index (κ1) is 26.3. The maximum atomic E-state index is 13.7. The van der Waals surface area contributed by atoms with Crippen molar-refractivity contribution in [1.29, 1.82) is 0 Å². The molecule has 1 aromatic heterocycles. The molecular weight excluding hydrogens is 496 g/mol. The molecule has 0 bridgehead atoms. The number of carbonyl (C=O) groups excluding carboxylic acids is 1. The number of carbonyl (C=O) groups is 1. The molecule has 1 amide bonds. The molecule has 0 saturated carbocycles. The number of oxazole rings is 1. The van der Waals surface area contributed by atoms with E-state index >= 15 is 0 Å². The van der Waals surface area contributed by atoms with Gasteiger partial charge in [-0.25, -0.2) is 0 Å². The van der Waals surface area contributed by atoms with Gasteiger partial charge in [0.05, 0.1) is 0 Å². The van der Waals surface area contributed by atoms with Gasteiger partial charge in [-0.2, -0.15) is 4.98 Å². The van der Waals surface area contributed by atoms with Crippen molar-refractivity contribution in [2.24, 2.45) is 0 Å². The van der Waals surface area contributed by atoms with Crippen LogP contribution in [0.1, 0.15) is 53.6 Å². The van der Waals surface area contributed by atoms with E-state index in [1.807, 2.05) is 65.6 Å². The fraction of sp³-hybridized carbons (Fsp3) is 0.355. The van der Waals surface area contributed by atoms with Gasteiger partial charge in [-0.05, 0) is 80.4 Å². The minimum Gasteiger partial charge on any atom is -0.424 e. The lowest BCUT2D eigenvalue weighted by molar-refractivity contribution is 0.0735. The number of rotatable bonds is 10. The summed E-state index contributed by atoms with van der Waals surface area (Å²) in [5.41, 5.74) is 4.09. The Morgan fingerprint density at radius 3 is 2.53 bits per heavy atom. The van der Waals surface area contributed by atoms with E-state index in [1.165, 1.54) is 38.8 Å². The summed E-state index contributed by atoms with van der Waals surface area (Å²) in [6.45, 7) is 5.21. The molecular formula is C31H35ClN4O2. The molecule has 0 aliphatic carbocycles. The van der Waals surface area contributed by atoms with Gasteiger partial charge in [0.15, 0.2) is 5.58 Å². The quantitative estimate of drug-likeness (QED) is 0.239. The third-order valence-electron chi connectivity index (χ3n) is 7.07. The predicted octanol–water partition coefficient (Wildman–Crippen LogP) is 7.00. The second-order valence-electron chi connectivity index (χ2n) is 10.0. The van der Waals surface area contributed by atoms with Crippen molar-refractivity contribution in [1.82, 2.24) is 14.8 Å². The van der Waals surface area contributed by atoms with Crippen LogP contribution in [0, 0.1) is 0 Å². The van der Waals surface area contributed by atoms with E-state index in [2.05, 4.69) is 27.3 Å². The minimum atomic E-state index is 0.0167. The number of hydrogen-bond donors (Lipinski definition) is 1. The fourth-order valence-electron chi connectivity index (χ4n) is 5.04.